The molecule has 168 valence electrons. The molecule has 0 unspecified atom stereocenters. The Kier molecular flexibility index (Phi) is 7.40. The zero-order chi connectivity index (χ0) is 22.4. The molecule has 0 aliphatic heterocycles. The third-order valence-corrected chi connectivity index (χ3v) is 7.12. The molecule has 2 N–H and O–H groups in total. The van der Waals surface area contributed by atoms with Crippen molar-refractivity contribution in [3.63, 3.8) is 0 Å². The van der Waals surface area contributed by atoms with Gasteiger partial charge in [0.2, 0.25) is 5.91 Å². The van der Waals surface area contributed by atoms with Gasteiger partial charge in [-0.2, -0.15) is 0 Å². The number of hydrogen-bond donors (Lipinski definition) is 2. The van der Waals surface area contributed by atoms with Crippen LogP contribution in [0.2, 0.25) is 0 Å². The van der Waals surface area contributed by atoms with Gasteiger partial charge in [-0.1, -0.05) is 31.0 Å². The number of nitrogens with one attached hydrogen (secondary N) is 1. The highest BCUT2D eigenvalue weighted by atomic mass is 32.2. The molecule has 0 aromatic heterocycles. The fourth-order valence-corrected chi connectivity index (χ4v) is 5.12. The van der Waals surface area contributed by atoms with Crippen molar-refractivity contribution in [3.8, 4) is 11.5 Å². The minimum Gasteiger partial charge on any atom is -0.497 e. The van der Waals surface area contributed by atoms with E-state index >= 15 is 0 Å². The summed E-state index contributed by atoms with van der Waals surface area (Å²) in [4.78, 5) is 12.9. The average Bonchev–Trinajstić information content (AvgIpc) is 2.79. The zero-order valence-electron chi connectivity index (χ0n) is 17.7. The topological polar surface area (TPSA) is 105 Å². The van der Waals surface area contributed by atoms with Gasteiger partial charge in [0.1, 0.15) is 18.0 Å². The first-order chi connectivity index (χ1) is 14.9. The molecule has 0 saturated heterocycles. The lowest BCUT2D eigenvalue weighted by Crippen LogP contribution is -2.49. The summed E-state index contributed by atoms with van der Waals surface area (Å²) < 4.78 is 38.6. The van der Waals surface area contributed by atoms with Gasteiger partial charge in [0.05, 0.1) is 36.9 Å². The number of sulfonamides is 1. The molecule has 2 aromatic carbocycles. The van der Waals surface area contributed by atoms with Crippen LogP contribution in [0.25, 0.3) is 0 Å². The highest BCUT2D eigenvalue weighted by Gasteiger charge is 2.31. The van der Waals surface area contributed by atoms with Crippen LogP contribution < -0.4 is 19.1 Å². The molecule has 8 nitrogen and oxygen atoms in total. The molecule has 0 bridgehead atoms. The molecule has 0 heterocycles. The van der Waals surface area contributed by atoms with Crippen LogP contribution in [0, 0.1) is 0 Å². The number of aliphatic hydroxyl groups is 1. The van der Waals surface area contributed by atoms with Crippen LogP contribution in [-0.2, 0) is 14.8 Å². The van der Waals surface area contributed by atoms with Crippen molar-refractivity contribution in [2.45, 2.75) is 42.7 Å². The summed E-state index contributed by atoms with van der Waals surface area (Å²) in [6.45, 7) is -0.468. The molecule has 0 spiro atoms. The quantitative estimate of drug-likeness (QED) is 0.642. The summed E-state index contributed by atoms with van der Waals surface area (Å²) in [5.74, 6) is 0.202. The van der Waals surface area contributed by atoms with Gasteiger partial charge in [0.15, 0.2) is 0 Å². The Labute approximate surface area is 182 Å². The van der Waals surface area contributed by atoms with Gasteiger partial charge >= 0.3 is 0 Å². The van der Waals surface area contributed by atoms with Gasteiger partial charge < -0.3 is 19.9 Å². The Hall–Kier alpha value is -2.78. The van der Waals surface area contributed by atoms with Gasteiger partial charge in [-0.15, -0.1) is 0 Å². The average molecular weight is 449 g/mol. The number of carbonyl (C=O) groups is 1. The summed E-state index contributed by atoms with van der Waals surface area (Å²) in [6, 6.07) is 12.2. The Bertz CT molecular complexity index is 996. The summed E-state index contributed by atoms with van der Waals surface area (Å²) >= 11 is 0. The summed E-state index contributed by atoms with van der Waals surface area (Å²) in [6.07, 6.45) is 2.44. The molecule has 1 aliphatic rings. The second-order valence-electron chi connectivity index (χ2n) is 7.39. The normalized spacial score (nSPS) is 18.8. The van der Waals surface area contributed by atoms with Gasteiger partial charge in [0.25, 0.3) is 10.0 Å². The van der Waals surface area contributed by atoms with Crippen molar-refractivity contribution in [1.29, 1.82) is 0 Å². The zero-order valence-corrected chi connectivity index (χ0v) is 18.5. The van der Waals surface area contributed by atoms with E-state index in [1.165, 1.54) is 32.4 Å². The number of benzene rings is 2. The molecule has 1 amide bonds. The maximum absolute atomic E-state index is 13.5. The third kappa shape index (κ3) is 5.29. The highest BCUT2D eigenvalue weighted by Crippen LogP contribution is 2.35. The standard InChI is InChI=1S/C22H28N2O6S/c1-29-16-12-13-21(30-2)19(14-16)24(31(27,28)17-8-4-3-5-9-17)15-22(26)23-18-10-6-7-11-20(18)25/h3-5,8-9,12-14,18,20,25H,6-7,10-11,15H2,1-2H3,(H,23,26)/t18-,20-/m0/s1. The van der Waals surface area contributed by atoms with Crippen LogP contribution in [0.1, 0.15) is 25.7 Å². The van der Waals surface area contributed by atoms with E-state index in [2.05, 4.69) is 5.32 Å². The van der Waals surface area contributed by atoms with Crippen molar-refractivity contribution in [1.82, 2.24) is 5.32 Å². The maximum Gasteiger partial charge on any atom is 0.264 e. The smallest absolute Gasteiger partial charge is 0.264 e. The fourth-order valence-electron chi connectivity index (χ4n) is 3.67. The molecule has 31 heavy (non-hydrogen) atoms. The minimum absolute atomic E-state index is 0.0466. The number of methoxy groups -OCH3 is 2. The van der Waals surface area contributed by atoms with Crippen LogP contribution in [-0.4, -0.2) is 52.3 Å². The Morgan fingerprint density at radius 1 is 1.10 bits per heavy atom. The predicted molar refractivity (Wildman–Crippen MR) is 117 cm³/mol. The number of rotatable bonds is 8. The van der Waals surface area contributed by atoms with Gasteiger partial charge in [0, 0.05) is 6.07 Å². The van der Waals surface area contributed by atoms with Crippen LogP contribution in [0.5, 0.6) is 11.5 Å². The second-order valence-corrected chi connectivity index (χ2v) is 9.25. The maximum atomic E-state index is 13.5. The first-order valence-electron chi connectivity index (χ1n) is 10.1. The van der Waals surface area contributed by atoms with E-state index in [0.717, 1.165) is 17.1 Å². The SMILES string of the molecule is COc1ccc(OC)c(N(CC(=O)N[C@H]2CCCC[C@@H]2O)S(=O)(=O)c2ccccc2)c1. The molecule has 1 saturated carbocycles. The van der Waals surface area contributed by atoms with E-state index in [0.29, 0.717) is 18.6 Å². The molecular formula is C22H28N2O6S. The Balaban J connectivity index is 1.98. The van der Waals surface area contributed by atoms with Crippen LogP contribution in [0.15, 0.2) is 53.4 Å². The lowest BCUT2D eigenvalue weighted by molar-refractivity contribution is -0.121. The van der Waals surface area contributed by atoms with Crippen molar-refractivity contribution >= 4 is 21.6 Å². The van der Waals surface area contributed by atoms with E-state index in [-0.39, 0.29) is 16.3 Å². The molecule has 0 radical (unpaired) electrons. The van der Waals surface area contributed by atoms with E-state index in [1.807, 2.05) is 0 Å². The van der Waals surface area contributed by atoms with Crippen molar-refractivity contribution < 1.29 is 27.8 Å². The molecular weight excluding hydrogens is 420 g/mol. The number of aliphatic hydroxyl groups excluding tert-OH is 1. The molecule has 2 atom stereocenters. The van der Waals surface area contributed by atoms with E-state index < -0.39 is 34.6 Å². The van der Waals surface area contributed by atoms with Crippen molar-refractivity contribution in [3.05, 3.63) is 48.5 Å². The monoisotopic (exact) mass is 448 g/mol. The molecule has 1 aliphatic carbocycles. The predicted octanol–water partition coefficient (Wildman–Crippen LogP) is 2.32. The highest BCUT2D eigenvalue weighted by molar-refractivity contribution is 7.92. The number of hydrogen-bond acceptors (Lipinski definition) is 6. The molecule has 9 heteroatoms. The first kappa shape index (κ1) is 22.9. The number of amides is 1. The summed E-state index contributed by atoms with van der Waals surface area (Å²) in [5.41, 5.74) is 0.185. The molecule has 1 fully saturated rings. The van der Waals surface area contributed by atoms with Crippen LogP contribution in [0.3, 0.4) is 0 Å². The van der Waals surface area contributed by atoms with E-state index in [4.69, 9.17) is 9.47 Å². The lowest BCUT2D eigenvalue weighted by atomic mass is 9.92. The number of ether oxygens (including phenoxy) is 2. The first-order valence-corrected chi connectivity index (χ1v) is 11.6. The van der Waals surface area contributed by atoms with Crippen LogP contribution >= 0.6 is 0 Å². The summed E-state index contributed by atoms with van der Waals surface area (Å²) in [5, 5.41) is 13.0. The largest absolute Gasteiger partial charge is 0.497 e. The van der Waals surface area contributed by atoms with Gasteiger partial charge in [-0.25, -0.2) is 8.42 Å². The lowest BCUT2D eigenvalue weighted by Gasteiger charge is -2.30. The Morgan fingerprint density at radius 3 is 2.45 bits per heavy atom. The van der Waals surface area contributed by atoms with Crippen LogP contribution in [0.4, 0.5) is 5.69 Å². The molecule has 3 rings (SSSR count). The second kappa shape index (κ2) is 10.0. The van der Waals surface area contributed by atoms with Gasteiger partial charge in [-0.05, 0) is 37.1 Å². The van der Waals surface area contributed by atoms with Crippen molar-refractivity contribution in [2.24, 2.45) is 0 Å². The van der Waals surface area contributed by atoms with Gasteiger partial charge in [-0.3, -0.25) is 9.10 Å². The molecule has 2 aromatic rings. The number of carbonyl (C=O) groups excluding carboxylic acids is 1. The van der Waals surface area contributed by atoms with E-state index in [9.17, 15) is 18.3 Å². The minimum atomic E-state index is -4.09. The third-order valence-electron chi connectivity index (χ3n) is 5.35. The summed E-state index contributed by atoms with van der Waals surface area (Å²) in [7, 11) is -1.19. The number of anilines is 1. The Morgan fingerprint density at radius 2 is 1.81 bits per heavy atom. The number of nitrogens with zero attached hydrogens (tertiary/aromatic N) is 1. The van der Waals surface area contributed by atoms with Crippen molar-refractivity contribution in [2.75, 3.05) is 25.1 Å². The fraction of sp³-hybridized carbons (Fsp3) is 0.409. The van der Waals surface area contributed by atoms with E-state index in [1.54, 1.807) is 30.3 Å².